The van der Waals surface area contributed by atoms with Crippen LogP contribution in [-0.4, -0.2) is 26.6 Å². The molecule has 2 rings (SSSR count). The highest BCUT2D eigenvalue weighted by molar-refractivity contribution is 7.09. The highest BCUT2D eigenvalue weighted by Gasteiger charge is 2.11. The molecule has 9 heteroatoms. The number of nitrogens with one attached hydrogen (secondary N) is 1. The lowest BCUT2D eigenvalue weighted by atomic mass is 10.4. The van der Waals surface area contributed by atoms with Crippen LogP contribution in [0.5, 0.6) is 0 Å². The van der Waals surface area contributed by atoms with E-state index in [1.807, 2.05) is 0 Å². The van der Waals surface area contributed by atoms with Gasteiger partial charge in [0.05, 0.1) is 11.9 Å². The lowest BCUT2D eigenvalue weighted by Crippen LogP contribution is -2.18. The first-order chi connectivity index (χ1) is 9.08. The number of hydrogen-bond acceptors (Lipinski definition) is 6. The number of thiazole rings is 1. The van der Waals surface area contributed by atoms with Crippen LogP contribution in [0.3, 0.4) is 0 Å². The molecule has 0 aliphatic heterocycles. The SMILES string of the molecule is NCc1nc(C(=O)Nc2cnn(CC(N)=O)c2)cs1. The van der Waals surface area contributed by atoms with Crippen molar-refractivity contribution in [3.8, 4) is 0 Å². The standard InChI is InChI=1S/C10H12N6O2S/c11-1-9-15-7(5-19-9)10(18)14-6-2-13-16(3-6)4-8(12)17/h2-3,5H,1,4,11H2,(H2,12,17)(H,14,18). The molecule has 19 heavy (non-hydrogen) atoms. The molecule has 2 heterocycles. The quantitative estimate of drug-likeness (QED) is 0.682. The van der Waals surface area contributed by atoms with Gasteiger partial charge < -0.3 is 16.8 Å². The molecule has 5 N–H and O–H groups in total. The van der Waals surface area contributed by atoms with Gasteiger partial charge in [0.15, 0.2) is 0 Å². The largest absolute Gasteiger partial charge is 0.368 e. The molecule has 0 aliphatic carbocycles. The van der Waals surface area contributed by atoms with Crippen LogP contribution in [0.15, 0.2) is 17.8 Å². The van der Waals surface area contributed by atoms with Crippen LogP contribution in [0.25, 0.3) is 0 Å². The summed E-state index contributed by atoms with van der Waals surface area (Å²) in [6.45, 7) is 0.262. The number of anilines is 1. The molecule has 0 fully saturated rings. The Balaban J connectivity index is 2.02. The zero-order chi connectivity index (χ0) is 13.8. The molecular formula is C10H12N6O2S. The predicted octanol–water partition coefficient (Wildman–Crippen LogP) is -0.464. The third-order valence-corrected chi connectivity index (χ3v) is 3.04. The first-order valence-electron chi connectivity index (χ1n) is 5.35. The van der Waals surface area contributed by atoms with Crippen LogP contribution >= 0.6 is 11.3 Å². The fraction of sp³-hybridized carbons (Fsp3) is 0.200. The smallest absolute Gasteiger partial charge is 0.275 e. The van der Waals surface area contributed by atoms with Gasteiger partial charge in [0, 0.05) is 18.1 Å². The molecule has 0 aliphatic rings. The minimum Gasteiger partial charge on any atom is -0.368 e. The van der Waals surface area contributed by atoms with Crippen LogP contribution in [0.2, 0.25) is 0 Å². The lowest BCUT2D eigenvalue weighted by molar-refractivity contribution is -0.118. The van der Waals surface area contributed by atoms with Crippen LogP contribution in [0.4, 0.5) is 5.69 Å². The Morgan fingerprint density at radius 2 is 2.26 bits per heavy atom. The van der Waals surface area contributed by atoms with Crippen molar-refractivity contribution in [3.63, 3.8) is 0 Å². The molecule has 0 unspecified atom stereocenters. The summed E-state index contributed by atoms with van der Waals surface area (Å²) < 4.78 is 1.34. The zero-order valence-corrected chi connectivity index (χ0v) is 10.7. The Bertz CT molecular complexity index is 605. The van der Waals surface area contributed by atoms with Gasteiger partial charge in [0.1, 0.15) is 17.2 Å². The Morgan fingerprint density at radius 1 is 1.47 bits per heavy atom. The van der Waals surface area contributed by atoms with E-state index in [-0.39, 0.29) is 12.5 Å². The number of carbonyl (C=O) groups excluding carboxylic acids is 2. The minimum atomic E-state index is -0.506. The van der Waals surface area contributed by atoms with Gasteiger partial charge in [-0.2, -0.15) is 5.10 Å². The number of nitrogens with zero attached hydrogens (tertiary/aromatic N) is 3. The van der Waals surface area contributed by atoms with Gasteiger partial charge in [-0.1, -0.05) is 0 Å². The van der Waals surface area contributed by atoms with Crippen molar-refractivity contribution in [2.45, 2.75) is 13.1 Å². The fourth-order valence-electron chi connectivity index (χ4n) is 1.38. The molecule has 0 spiro atoms. The van der Waals surface area contributed by atoms with Gasteiger partial charge in [-0.3, -0.25) is 14.3 Å². The number of aromatic nitrogens is 3. The topological polar surface area (TPSA) is 129 Å². The van der Waals surface area contributed by atoms with E-state index in [9.17, 15) is 9.59 Å². The highest BCUT2D eigenvalue weighted by Crippen LogP contribution is 2.12. The summed E-state index contributed by atoms with van der Waals surface area (Å²) in [5.41, 5.74) is 11.2. The van der Waals surface area contributed by atoms with E-state index in [0.717, 1.165) is 0 Å². The number of carbonyl (C=O) groups is 2. The van der Waals surface area contributed by atoms with Crippen molar-refractivity contribution in [1.29, 1.82) is 0 Å². The number of hydrogen-bond donors (Lipinski definition) is 3. The van der Waals surface area contributed by atoms with E-state index >= 15 is 0 Å². The first kappa shape index (κ1) is 13.2. The summed E-state index contributed by atoms with van der Waals surface area (Å²) in [6, 6.07) is 0. The third kappa shape index (κ3) is 3.36. The molecule has 0 saturated carbocycles. The number of rotatable bonds is 5. The molecule has 0 atom stereocenters. The van der Waals surface area contributed by atoms with Crippen molar-refractivity contribution in [2.75, 3.05) is 5.32 Å². The number of primary amides is 1. The Morgan fingerprint density at radius 3 is 2.89 bits per heavy atom. The molecule has 2 aromatic rings. The molecule has 0 saturated heterocycles. The summed E-state index contributed by atoms with van der Waals surface area (Å²) >= 11 is 1.32. The molecule has 2 amide bonds. The van der Waals surface area contributed by atoms with Crippen molar-refractivity contribution in [1.82, 2.24) is 14.8 Å². The minimum absolute atomic E-state index is 0.0378. The van der Waals surface area contributed by atoms with Crippen LogP contribution in [-0.2, 0) is 17.9 Å². The van der Waals surface area contributed by atoms with Gasteiger partial charge >= 0.3 is 0 Å². The fourth-order valence-corrected chi connectivity index (χ4v) is 2.03. The van der Waals surface area contributed by atoms with Crippen molar-refractivity contribution >= 4 is 28.8 Å². The normalized spacial score (nSPS) is 10.4. The van der Waals surface area contributed by atoms with Crippen LogP contribution in [0, 0.1) is 0 Å². The molecule has 0 bridgehead atoms. The second-order valence-electron chi connectivity index (χ2n) is 3.68. The van der Waals surface area contributed by atoms with E-state index in [1.54, 1.807) is 5.38 Å². The average molecular weight is 280 g/mol. The van der Waals surface area contributed by atoms with E-state index in [1.165, 1.54) is 28.4 Å². The van der Waals surface area contributed by atoms with Crippen molar-refractivity contribution in [2.24, 2.45) is 11.5 Å². The monoisotopic (exact) mass is 280 g/mol. The van der Waals surface area contributed by atoms with E-state index < -0.39 is 5.91 Å². The molecular weight excluding hydrogens is 268 g/mol. The van der Waals surface area contributed by atoms with Crippen molar-refractivity contribution in [3.05, 3.63) is 28.5 Å². The van der Waals surface area contributed by atoms with E-state index in [4.69, 9.17) is 11.5 Å². The molecule has 100 valence electrons. The molecule has 0 radical (unpaired) electrons. The summed E-state index contributed by atoms with van der Waals surface area (Å²) in [5.74, 6) is -0.859. The number of amides is 2. The maximum absolute atomic E-state index is 11.8. The lowest BCUT2D eigenvalue weighted by Gasteiger charge is -1.98. The molecule has 2 aromatic heterocycles. The molecule has 8 nitrogen and oxygen atoms in total. The van der Waals surface area contributed by atoms with Gasteiger partial charge in [0.25, 0.3) is 5.91 Å². The summed E-state index contributed by atoms with van der Waals surface area (Å²) in [4.78, 5) is 26.6. The highest BCUT2D eigenvalue weighted by atomic mass is 32.1. The predicted molar refractivity (Wildman–Crippen MR) is 69.4 cm³/mol. The summed E-state index contributed by atoms with van der Waals surface area (Å²) in [7, 11) is 0. The number of nitrogens with two attached hydrogens (primary N) is 2. The van der Waals surface area contributed by atoms with Gasteiger partial charge in [-0.25, -0.2) is 4.98 Å². The average Bonchev–Trinajstić information content (AvgIpc) is 2.97. The maximum atomic E-state index is 11.8. The van der Waals surface area contributed by atoms with Gasteiger partial charge in [-0.15, -0.1) is 11.3 Å². The molecule has 0 aromatic carbocycles. The van der Waals surface area contributed by atoms with Gasteiger partial charge in [0.2, 0.25) is 5.91 Å². The van der Waals surface area contributed by atoms with Crippen molar-refractivity contribution < 1.29 is 9.59 Å². The maximum Gasteiger partial charge on any atom is 0.275 e. The van der Waals surface area contributed by atoms with Crippen LogP contribution in [0.1, 0.15) is 15.5 Å². The zero-order valence-electron chi connectivity index (χ0n) is 9.87. The second kappa shape index (κ2) is 5.59. The van der Waals surface area contributed by atoms with E-state index in [2.05, 4.69) is 15.4 Å². The summed E-state index contributed by atoms with van der Waals surface area (Å²) in [6.07, 6.45) is 2.94. The van der Waals surface area contributed by atoms with E-state index in [0.29, 0.717) is 22.9 Å². The Hall–Kier alpha value is -2.26. The first-order valence-corrected chi connectivity index (χ1v) is 6.23. The van der Waals surface area contributed by atoms with Gasteiger partial charge in [-0.05, 0) is 0 Å². The second-order valence-corrected chi connectivity index (χ2v) is 4.62. The Labute approximate surface area is 112 Å². The third-order valence-electron chi connectivity index (χ3n) is 2.17. The Kier molecular flexibility index (Phi) is 3.88. The summed E-state index contributed by atoms with van der Waals surface area (Å²) in [5, 5.41) is 8.83. The van der Waals surface area contributed by atoms with Crippen LogP contribution < -0.4 is 16.8 Å².